The van der Waals surface area contributed by atoms with Gasteiger partial charge in [0.05, 0.1) is 54.6 Å². The molecule has 0 amide bonds. The molecule has 9 aromatic carbocycles. The molecule has 9 nitrogen and oxygen atoms in total. The minimum Gasteiger partial charge on any atom is -0.512 e. The zero-order chi connectivity index (χ0) is 100. The van der Waals surface area contributed by atoms with E-state index in [1.54, 1.807) is 0 Å². The van der Waals surface area contributed by atoms with Crippen LogP contribution in [-0.4, -0.2) is 96.1 Å². The number of nitrogens with zero attached hydrogens (tertiary/aromatic N) is 3. The topological polar surface area (TPSA) is 151 Å². The Morgan fingerprint density at radius 1 is 0.321 bits per heavy atom. The van der Waals surface area contributed by atoms with Gasteiger partial charge in [-0.15, -0.1) is 105 Å². The number of hydrogen-bond donors (Lipinski definition) is 3. The third-order valence-electron chi connectivity index (χ3n) is 26.7. The summed E-state index contributed by atoms with van der Waals surface area (Å²) < 4.78 is 0. The summed E-state index contributed by atoms with van der Waals surface area (Å²) in [5.41, 5.74) is 15.1. The molecule has 0 bridgehead atoms. The number of aromatic nitrogens is 3. The maximum atomic E-state index is 12.2. The fraction of sp³-hybridized carbons (Fsp3) is 0.395. The molecule has 0 saturated heterocycles. The molecule has 3 radical (unpaired) electrons. The van der Waals surface area contributed by atoms with E-state index in [1.807, 2.05) is 118 Å². The molecule has 3 heterocycles. The van der Waals surface area contributed by atoms with Crippen molar-refractivity contribution in [2.75, 3.05) is 0 Å². The third kappa shape index (κ3) is 33.9. The van der Waals surface area contributed by atoms with E-state index in [9.17, 15) is 29.7 Å². The van der Waals surface area contributed by atoms with Crippen LogP contribution in [0.2, 0.25) is 118 Å². The number of carbonyl (C=O) groups is 3. The maximum Gasteiger partial charge on any atom is 0.164 e. The van der Waals surface area contributed by atoms with E-state index in [0.717, 1.165) is 88.8 Å². The zero-order valence-corrected chi connectivity index (χ0v) is 102. The second-order valence-corrected chi connectivity index (χ2v) is 76.0. The number of benzene rings is 9. The predicted octanol–water partition coefficient (Wildman–Crippen LogP) is 30.6. The summed E-state index contributed by atoms with van der Waals surface area (Å²) in [5, 5.41) is 41.7. The van der Waals surface area contributed by atoms with Crippen molar-refractivity contribution in [3.8, 4) is 67.2 Å². The van der Waals surface area contributed by atoms with Gasteiger partial charge in [-0.1, -0.05) is 397 Å². The van der Waals surface area contributed by atoms with E-state index < -0.39 is 53.9 Å². The summed E-state index contributed by atoms with van der Waals surface area (Å²) in [6.45, 7) is 75.9. The summed E-state index contributed by atoms with van der Waals surface area (Å²) in [5.74, 6) is 0.634. The molecule has 0 aliphatic rings. The minimum atomic E-state index is -1.41. The second-order valence-electron chi connectivity index (χ2n) is 45.6. The second kappa shape index (κ2) is 50.7. The van der Waals surface area contributed by atoms with E-state index in [2.05, 4.69) is 354 Å². The van der Waals surface area contributed by atoms with Crippen molar-refractivity contribution in [1.82, 2.24) is 15.0 Å². The van der Waals surface area contributed by atoms with Gasteiger partial charge in [0.2, 0.25) is 0 Å². The fourth-order valence-electron chi connectivity index (χ4n) is 14.3. The Morgan fingerprint density at radius 3 is 0.898 bits per heavy atom. The van der Waals surface area contributed by atoms with Crippen molar-refractivity contribution in [3.63, 3.8) is 0 Å². The van der Waals surface area contributed by atoms with Crippen molar-refractivity contribution in [1.29, 1.82) is 0 Å². The molecule has 0 fully saturated rings. The first-order valence-corrected chi connectivity index (χ1v) is 69.6. The van der Waals surface area contributed by atoms with Crippen LogP contribution in [0.4, 0.5) is 0 Å². The normalized spacial score (nSPS) is 12.6. The van der Waals surface area contributed by atoms with E-state index >= 15 is 0 Å². The quantitative estimate of drug-likeness (QED) is 0.0208. The number of carbonyl (C=O) groups excluding carboxylic acids is 3. The molecule has 741 valence electrons. The first kappa shape index (κ1) is 121. The molecule has 18 heteroatoms. The Bertz CT molecular complexity index is 5880. The van der Waals surface area contributed by atoms with Crippen LogP contribution in [0.5, 0.6) is 0 Å². The zero-order valence-electron chi connectivity index (χ0n) is 89.2. The third-order valence-corrected chi connectivity index (χ3v) is 39.0. The smallest absolute Gasteiger partial charge is 0.164 e. The first-order valence-electron chi connectivity index (χ1n) is 48.6. The summed E-state index contributed by atoms with van der Waals surface area (Å²) in [6.07, 6.45) is 9.07. The van der Waals surface area contributed by atoms with Crippen molar-refractivity contribution >= 4 is 130 Å². The van der Waals surface area contributed by atoms with Crippen molar-refractivity contribution in [2.24, 2.45) is 33.0 Å². The molecule has 0 aliphatic carbocycles. The van der Waals surface area contributed by atoms with Crippen molar-refractivity contribution < 1.29 is 90.0 Å². The molecule has 3 N–H and O–H groups in total. The Kier molecular flexibility index (Phi) is 44.9. The van der Waals surface area contributed by atoms with Gasteiger partial charge in [0.15, 0.2) is 17.3 Å². The summed E-state index contributed by atoms with van der Waals surface area (Å²) in [6, 6.07) is 89.7. The number of allylic oxidation sites excluding steroid dienone is 6. The van der Waals surface area contributed by atoms with E-state index in [0.29, 0.717) is 0 Å². The van der Waals surface area contributed by atoms with Crippen LogP contribution in [0.3, 0.4) is 0 Å². The monoisotopic (exact) mass is 2470 g/mol. The number of fused-ring (bicyclic) bond motifs is 3. The van der Waals surface area contributed by atoms with Gasteiger partial charge >= 0.3 is 0 Å². The summed E-state index contributed by atoms with van der Waals surface area (Å²) >= 11 is 0. The number of pyridine rings is 3. The molecule has 0 atom stereocenters. The standard InChI is InChI=1S/3C27H30NSi2.C15H28O2.C13H24O2.C10H18O2.3Ir/c1-29(2,3)22-14-10-13-21(17-22)27-19-24(20-11-8-7-9-12-20)25-18-23(30(4,5)6)15-16-26(25)28-27;2*1-29(2,3)22-14-12-21(13-15-22)27-19-24(20-10-8-7-9-11-20)25-18-23(30(4,5)6)16-17-26(25)28-27;1-7-14(5,8-2)12(16)11-13(17)15(6,9-3)10-4;1-7-12(3,4)10(14)9-11(15)13(5,6)8-2;1-7(2)8(11)6-9(12)10(3,4)5;;;/h3*7-12,14-19H,1-6H3;11,16H,7-10H2,1-6H3;9,14H,7-8H2,1-6H3;6-7,11H,1-5H3;;;/q3*-1;;;;;;. The van der Waals surface area contributed by atoms with Crippen LogP contribution >= 0.6 is 0 Å². The van der Waals surface area contributed by atoms with E-state index in [-0.39, 0.29) is 123 Å². The molecule has 3 aromatic heterocycles. The summed E-state index contributed by atoms with van der Waals surface area (Å²) in [7, 11) is -8.30. The van der Waals surface area contributed by atoms with E-state index in [1.165, 1.54) is 98.9 Å². The molecular formula is C119H160Ir3N3O6Si6-3. The number of ketones is 3. The Hall–Kier alpha value is -7.91. The Balaban J connectivity index is 0.000000353. The van der Waals surface area contributed by atoms with Crippen LogP contribution in [-0.2, 0) is 74.7 Å². The van der Waals surface area contributed by atoms with Crippen LogP contribution in [0.1, 0.15) is 156 Å². The van der Waals surface area contributed by atoms with E-state index in [4.69, 9.17) is 15.0 Å². The molecule has 0 aliphatic heterocycles. The molecule has 0 saturated carbocycles. The molecule has 137 heavy (non-hydrogen) atoms. The van der Waals surface area contributed by atoms with Gasteiger partial charge in [-0.05, 0) is 107 Å². The van der Waals surface area contributed by atoms with Gasteiger partial charge in [-0.2, -0.15) is 0 Å². The predicted molar refractivity (Wildman–Crippen MR) is 599 cm³/mol. The van der Waals surface area contributed by atoms with Gasteiger partial charge in [-0.3, -0.25) is 29.3 Å². The van der Waals surface area contributed by atoms with Gasteiger partial charge in [0.1, 0.15) is 11.5 Å². The van der Waals surface area contributed by atoms with Crippen molar-refractivity contribution in [2.45, 2.75) is 274 Å². The van der Waals surface area contributed by atoms with Crippen molar-refractivity contribution in [3.05, 3.63) is 272 Å². The molecule has 12 aromatic rings. The average molecular weight is 2470 g/mol. The molecule has 12 rings (SSSR count). The minimum absolute atomic E-state index is 0. The first-order chi connectivity index (χ1) is 62.1. The largest absolute Gasteiger partial charge is 0.512 e. The average Bonchev–Trinajstić information content (AvgIpc) is 0.772. The fourth-order valence-corrected chi connectivity index (χ4v) is 21.1. The Morgan fingerprint density at radius 2 is 0.620 bits per heavy atom. The number of aliphatic hydroxyl groups is 3. The van der Waals surface area contributed by atoms with Gasteiger partial charge in [-0.25, -0.2) is 0 Å². The summed E-state index contributed by atoms with van der Waals surface area (Å²) in [4.78, 5) is 50.5. The van der Waals surface area contributed by atoms with Crippen LogP contribution in [0.25, 0.3) is 99.9 Å². The van der Waals surface area contributed by atoms with Gasteiger partial charge < -0.3 is 15.3 Å². The number of rotatable bonds is 26. The van der Waals surface area contributed by atoms with Crippen LogP contribution in [0.15, 0.2) is 254 Å². The molecule has 0 unspecified atom stereocenters. The molecule has 0 spiro atoms. The van der Waals surface area contributed by atoms with Crippen LogP contribution in [0, 0.1) is 51.2 Å². The van der Waals surface area contributed by atoms with Gasteiger partial charge in [0, 0.05) is 144 Å². The SMILES string of the molecule is CC(C)C(O)=CC(=O)C(C)(C)C.CCC(C)(C)C(=O)C=C(O)C(C)(C)CC.CCC(C)(CC)C(=O)C=C(O)C(C)(CC)CC.C[Si](C)(C)c1c[c-]c(-c2cc(-c3ccccc3)c3cc([Si](C)(C)C)ccc3n2)cc1.C[Si](C)(C)c1c[c-]c(-c2cc(-c3ccccc3)c3cc([Si](C)(C)C)ccc3n2)cc1.C[Si](C)(C)c1cc[c-]c(-c2cc(-c3ccccc3)c3cc([Si](C)(C)C)ccc3n2)c1.[Ir].[Ir].[Ir]. The van der Waals surface area contributed by atoms with Crippen LogP contribution < -0.4 is 31.1 Å². The molecular weight excluding hydrogens is 2310 g/mol. The Labute approximate surface area is 873 Å². The maximum absolute atomic E-state index is 12.2. The van der Waals surface area contributed by atoms with Gasteiger partial charge in [0.25, 0.3) is 0 Å². The number of aliphatic hydroxyl groups excluding tert-OH is 3. The number of hydrogen-bond acceptors (Lipinski definition) is 9.